The molecule has 2 heterocycles. The summed E-state index contributed by atoms with van der Waals surface area (Å²) in [6, 6.07) is 5.96. The van der Waals surface area contributed by atoms with E-state index in [-0.39, 0.29) is 11.3 Å². The lowest BCUT2D eigenvalue weighted by atomic mass is 9.65. The van der Waals surface area contributed by atoms with Crippen molar-refractivity contribution in [3.8, 4) is 0 Å². The number of ether oxygens (including phenoxy) is 1. The molecule has 1 aliphatic heterocycles. The number of nitrogens with zero attached hydrogens (tertiary/aromatic N) is 2. The van der Waals surface area contributed by atoms with Gasteiger partial charge in [0.1, 0.15) is 5.69 Å². The predicted molar refractivity (Wildman–Crippen MR) is 85.5 cm³/mol. The fourth-order valence-corrected chi connectivity index (χ4v) is 4.67. The van der Waals surface area contributed by atoms with E-state index in [0.29, 0.717) is 23.8 Å². The van der Waals surface area contributed by atoms with E-state index in [9.17, 15) is 4.79 Å². The van der Waals surface area contributed by atoms with Crippen LogP contribution in [0.3, 0.4) is 0 Å². The zero-order chi connectivity index (χ0) is 16.0. The fourth-order valence-electron chi connectivity index (χ4n) is 4.67. The van der Waals surface area contributed by atoms with Crippen LogP contribution in [0.2, 0.25) is 0 Å². The van der Waals surface area contributed by atoms with Gasteiger partial charge in [-0.3, -0.25) is 4.79 Å². The minimum atomic E-state index is 0.0735. The lowest BCUT2D eigenvalue weighted by Crippen LogP contribution is -2.38. The van der Waals surface area contributed by atoms with Crippen LogP contribution in [0.4, 0.5) is 0 Å². The average Bonchev–Trinajstić information content (AvgIpc) is 2.68. The molecule has 4 nitrogen and oxygen atoms in total. The minimum absolute atomic E-state index is 0.0735. The summed E-state index contributed by atoms with van der Waals surface area (Å²) in [5.74, 6) is 0.0735. The lowest BCUT2D eigenvalue weighted by molar-refractivity contribution is 0.0701. The molecule has 1 aromatic heterocycles. The molecule has 2 atom stereocenters. The maximum absolute atomic E-state index is 12.9. The molecule has 0 unspecified atom stereocenters. The van der Waals surface area contributed by atoms with Crippen molar-refractivity contribution < 1.29 is 9.53 Å². The standard InChI is InChI=1S/C18H26N2O2/c1-17(2)8-14-9-18(3,11-17)12-20(14)16(21)15-7-5-6-13(19-15)10-22-4/h5-7,14H,8-12H2,1-4H3/t14-,18-/m1/s1. The number of rotatable bonds is 3. The molecule has 2 bridgehead atoms. The SMILES string of the molecule is COCc1cccc(C(=O)N2C[C@]3(C)C[C@H]2CC(C)(C)C3)n1. The number of carbonyl (C=O) groups is 1. The smallest absolute Gasteiger partial charge is 0.272 e. The van der Waals surface area contributed by atoms with Gasteiger partial charge < -0.3 is 9.64 Å². The lowest BCUT2D eigenvalue weighted by Gasteiger charge is -2.39. The summed E-state index contributed by atoms with van der Waals surface area (Å²) in [5.41, 5.74) is 1.93. The van der Waals surface area contributed by atoms with Crippen molar-refractivity contribution >= 4 is 5.91 Å². The third-order valence-electron chi connectivity index (χ3n) is 4.99. The maximum Gasteiger partial charge on any atom is 0.272 e. The van der Waals surface area contributed by atoms with Crippen molar-refractivity contribution in [2.75, 3.05) is 13.7 Å². The summed E-state index contributed by atoms with van der Waals surface area (Å²) in [6.45, 7) is 8.26. The predicted octanol–water partition coefficient (Wildman–Crippen LogP) is 3.27. The molecule has 2 fully saturated rings. The molecule has 1 aliphatic carbocycles. The number of hydrogen-bond donors (Lipinski definition) is 0. The van der Waals surface area contributed by atoms with Gasteiger partial charge in [0.25, 0.3) is 5.91 Å². The second-order valence-electron chi connectivity index (χ2n) is 8.09. The van der Waals surface area contributed by atoms with Gasteiger partial charge in [0.05, 0.1) is 12.3 Å². The first-order valence-corrected chi connectivity index (χ1v) is 8.08. The van der Waals surface area contributed by atoms with Gasteiger partial charge >= 0.3 is 0 Å². The number of pyridine rings is 1. The zero-order valence-electron chi connectivity index (χ0n) is 14.1. The number of amides is 1. The number of hydrogen-bond acceptors (Lipinski definition) is 3. The number of likely N-dealkylation sites (tertiary alicyclic amines) is 1. The highest BCUT2D eigenvalue weighted by atomic mass is 16.5. The first kappa shape index (κ1) is 15.5. The minimum Gasteiger partial charge on any atom is -0.378 e. The summed E-state index contributed by atoms with van der Waals surface area (Å²) < 4.78 is 5.11. The molecule has 1 saturated carbocycles. The average molecular weight is 302 g/mol. The number of carbonyl (C=O) groups excluding carboxylic acids is 1. The van der Waals surface area contributed by atoms with Crippen molar-refractivity contribution in [3.63, 3.8) is 0 Å². The van der Waals surface area contributed by atoms with Crippen molar-refractivity contribution in [1.29, 1.82) is 0 Å². The van der Waals surface area contributed by atoms with E-state index in [1.54, 1.807) is 7.11 Å². The molecular formula is C18H26N2O2. The molecule has 1 amide bonds. The summed E-state index contributed by atoms with van der Waals surface area (Å²) >= 11 is 0. The van der Waals surface area contributed by atoms with Crippen molar-refractivity contribution in [2.24, 2.45) is 10.8 Å². The Labute approximate surface area is 132 Å². The Morgan fingerprint density at radius 1 is 1.36 bits per heavy atom. The second-order valence-corrected chi connectivity index (χ2v) is 8.09. The molecule has 0 radical (unpaired) electrons. The van der Waals surface area contributed by atoms with Gasteiger partial charge in [0.2, 0.25) is 0 Å². The highest BCUT2D eigenvalue weighted by molar-refractivity contribution is 5.92. The maximum atomic E-state index is 12.9. The van der Waals surface area contributed by atoms with Gasteiger partial charge in [-0.1, -0.05) is 26.8 Å². The third-order valence-corrected chi connectivity index (χ3v) is 4.99. The summed E-state index contributed by atoms with van der Waals surface area (Å²) in [5, 5.41) is 0. The Bertz CT molecular complexity index is 584. The van der Waals surface area contributed by atoms with Crippen LogP contribution in [-0.4, -0.2) is 35.5 Å². The van der Waals surface area contributed by atoms with E-state index in [1.807, 2.05) is 18.2 Å². The Morgan fingerprint density at radius 2 is 2.14 bits per heavy atom. The second kappa shape index (κ2) is 5.34. The van der Waals surface area contributed by atoms with E-state index in [2.05, 4.69) is 30.7 Å². The zero-order valence-corrected chi connectivity index (χ0v) is 14.1. The van der Waals surface area contributed by atoms with E-state index in [0.717, 1.165) is 25.1 Å². The van der Waals surface area contributed by atoms with Crippen molar-refractivity contribution in [2.45, 2.75) is 52.7 Å². The number of methoxy groups -OCH3 is 1. The number of aromatic nitrogens is 1. The van der Waals surface area contributed by atoms with Crippen molar-refractivity contribution in [3.05, 3.63) is 29.6 Å². The molecule has 1 saturated heterocycles. The van der Waals surface area contributed by atoms with Crippen LogP contribution in [0.5, 0.6) is 0 Å². The largest absolute Gasteiger partial charge is 0.378 e. The summed E-state index contributed by atoms with van der Waals surface area (Å²) in [6.07, 6.45) is 3.41. The van der Waals surface area contributed by atoms with E-state index in [1.165, 1.54) is 6.42 Å². The molecule has 22 heavy (non-hydrogen) atoms. The Balaban J connectivity index is 1.83. The first-order valence-electron chi connectivity index (χ1n) is 8.08. The molecule has 4 heteroatoms. The van der Waals surface area contributed by atoms with Gasteiger partial charge in [-0.2, -0.15) is 0 Å². The van der Waals surface area contributed by atoms with Crippen LogP contribution in [0, 0.1) is 10.8 Å². The molecule has 0 N–H and O–H groups in total. The summed E-state index contributed by atoms with van der Waals surface area (Å²) in [4.78, 5) is 19.4. The van der Waals surface area contributed by atoms with Gasteiger partial charge in [-0.05, 0) is 42.2 Å². The highest BCUT2D eigenvalue weighted by Gasteiger charge is 2.51. The molecule has 2 aliphatic rings. The molecule has 120 valence electrons. The van der Waals surface area contributed by atoms with Gasteiger partial charge in [-0.25, -0.2) is 4.98 Å². The third kappa shape index (κ3) is 2.89. The van der Waals surface area contributed by atoms with Crippen LogP contribution in [0.15, 0.2) is 18.2 Å². The molecule has 0 aromatic carbocycles. The molecular weight excluding hydrogens is 276 g/mol. The Kier molecular flexibility index (Phi) is 3.76. The van der Waals surface area contributed by atoms with E-state index in [4.69, 9.17) is 4.74 Å². The van der Waals surface area contributed by atoms with Gasteiger partial charge in [0.15, 0.2) is 0 Å². The van der Waals surface area contributed by atoms with Crippen LogP contribution in [-0.2, 0) is 11.3 Å². The Hall–Kier alpha value is -1.42. The topological polar surface area (TPSA) is 42.4 Å². The van der Waals surface area contributed by atoms with Crippen LogP contribution in [0.1, 0.15) is 56.2 Å². The molecule has 1 aromatic rings. The fraction of sp³-hybridized carbons (Fsp3) is 0.667. The molecule has 3 rings (SSSR count). The van der Waals surface area contributed by atoms with E-state index < -0.39 is 0 Å². The number of fused-ring (bicyclic) bond motifs is 2. The molecule has 0 spiro atoms. The Morgan fingerprint density at radius 3 is 2.86 bits per heavy atom. The monoisotopic (exact) mass is 302 g/mol. The van der Waals surface area contributed by atoms with Gasteiger partial charge in [0, 0.05) is 19.7 Å². The highest BCUT2D eigenvalue weighted by Crippen LogP contribution is 2.52. The quantitative estimate of drug-likeness (QED) is 0.860. The normalized spacial score (nSPS) is 29.6. The van der Waals surface area contributed by atoms with Crippen molar-refractivity contribution in [1.82, 2.24) is 9.88 Å². The van der Waals surface area contributed by atoms with Crippen LogP contribution < -0.4 is 0 Å². The van der Waals surface area contributed by atoms with Gasteiger partial charge in [-0.15, -0.1) is 0 Å². The van der Waals surface area contributed by atoms with Crippen LogP contribution in [0.25, 0.3) is 0 Å². The van der Waals surface area contributed by atoms with E-state index >= 15 is 0 Å². The summed E-state index contributed by atoms with van der Waals surface area (Å²) in [7, 11) is 1.64. The van der Waals surface area contributed by atoms with Crippen LogP contribution >= 0.6 is 0 Å². The first-order chi connectivity index (χ1) is 10.3.